The Hall–Kier alpha value is -2.62. The van der Waals surface area contributed by atoms with Gasteiger partial charge in [-0.3, -0.25) is 4.79 Å². The normalized spacial score (nSPS) is 12.5. The lowest BCUT2D eigenvalue weighted by molar-refractivity contribution is 0.0498. The first kappa shape index (κ1) is 22.7. The summed E-state index contributed by atoms with van der Waals surface area (Å²) < 4.78 is 5.41. The van der Waals surface area contributed by atoms with Crippen LogP contribution in [0.3, 0.4) is 0 Å². The van der Waals surface area contributed by atoms with Crippen LogP contribution in [0.25, 0.3) is 0 Å². The van der Waals surface area contributed by atoms with E-state index in [1.54, 1.807) is 0 Å². The molecule has 0 heterocycles. The van der Waals surface area contributed by atoms with Gasteiger partial charge in [-0.15, -0.1) is 0 Å². The number of ether oxygens (including phenoxy) is 1. The van der Waals surface area contributed by atoms with Crippen LogP contribution in [0.2, 0.25) is 0 Å². The molecule has 0 aliphatic carbocycles. The number of nitrogens with one attached hydrogen (secondary N) is 1. The summed E-state index contributed by atoms with van der Waals surface area (Å²) >= 11 is 0. The molecule has 1 atom stereocenters. The second-order valence-corrected chi connectivity index (χ2v) is 8.82. The summed E-state index contributed by atoms with van der Waals surface area (Å²) in [4.78, 5) is 25.4. The smallest absolute Gasteiger partial charge is 0.408 e. The number of amides is 1. The van der Waals surface area contributed by atoms with Gasteiger partial charge in [0.15, 0.2) is 5.78 Å². The molecule has 0 spiro atoms. The molecule has 0 aromatic heterocycles. The van der Waals surface area contributed by atoms with Crippen molar-refractivity contribution in [1.29, 1.82) is 0 Å². The molecule has 0 aliphatic rings. The maximum atomic E-state index is 13.0. The fourth-order valence-corrected chi connectivity index (χ4v) is 3.28. The zero-order chi connectivity index (χ0) is 21.6. The van der Waals surface area contributed by atoms with Gasteiger partial charge in [-0.1, -0.05) is 61.9 Å². The second kappa shape index (κ2) is 9.73. The fourth-order valence-electron chi connectivity index (χ4n) is 3.28. The van der Waals surface area contributed by atoms with Crippen LogP contribution < -0.4 is 5.32 Å². The van der Waals surface area contributed by atoms with Gasteiger partial charge in [-0.05, 0) is 57.2 Å². The van der Waals surface area contributed by atoms with Crippen molar-refractivity contribution in [2.45, 2.75) is 71.9 Å². The van der Waals surface area contributed by atoms with E-state index in [9.17, 15) is 9.59 Å². The topological polar surface area (TPSA) is 55.4 Å². The molecule has 2 aromatic rings. The molecule has 0 fully saturated rings. The van der Waals surface area contributed by atoms with Gasteiger partial charge >= 0.3 is 6.09 Å². The molecule has 0 saturated heterocycles. The van der Waals surface area contributed by atoms with Crippen molar-refractivity contribution in [2.24, 2.45) is 0 Å². The first-order valence-corrected chi connectivity index (χ1v) is 10.2. The van der Waals surface area contributed by atoms with Crippen molar-refractivity contribution >= 4 is 11.9 Å². The molecule has 0 radical (unpaired) electrons. The van der Waals surface area contributed by atoms with E-state index in [-0.39, 0.29) is 17.7 Å². The molecular formula is C25H33NO3. The lowest BCUT2D eigenvalue weighted by Crippen LogP contribution is -2.35. The lowest BCUT2D eigenvalue weighted by Gasteiger charge is -2.24. The van der Waals surface area contributed by atoms with Gasteiger partial charge in [0.25, 0.3) is 0 Å². The number of carbonyl (C=O) groups is 2. The molecular weight excluding hydrogens is 362 g/mol. The van der Waals surface area contributed by atoms with Crippen LogP contribution >= 0.6 is 0 Å². The van der Waals surface area contributed by atoms with Gasteiger partial charge in [0.2, 0.25) is 0 Å². The highest BCUT2D eigenvalue weighted by atomic mass is 16.6. The summed E-state index contributed by atoms with van der Waals surface area (Å²) in [6, 6.07) is 15.5. The van der Waals surface area contributed by atoms with Crippen LogP contribution in [0.5, 0.6) is 0 Å². The average molecular weight is 396 g/mol. The van der Waals surface area contributed by atoms with Crippen molar-refractivity contribution in [1.82, 2.24) is 5.32 Å². The van der Waals surface area contributed by atoms with Crippen LogP contribution in [0.15, 0.2) is 48.5 Å². The number of hydrogen-bond acceptors (Lipinski definition) is 3. The van der Waals surface area contributed by atoms with E-state index in [0.29, 0.717) is 12.8 Å². The molecule has 1 amide bonds. The van der Waals surface area contributed by atoms with E-state index < -0.39 is 11.7 Å². The highest BCUT2D eigenvalue weighted by Gasteiger charge is 2.22. The van der Waals surface area contributed by atoms with Gasteiger partial charge in [0, 0.05) is 12.0 Å². The molecule has 2 aromatic carbocycles. The van der Waals surface area contributed by atoms with E-state index in [1.807, 2.05) is 76.2 Å². The molecule has 0 unspecified atom stereocenters. The predicted octanol–water partition coefficient (Wildman–Crippen LogP) is 6.35. The largest absolute Gasteiger partial charge is 0.444 e. The summed E-state index contributed by atoms with van der Waals surface area (Å²) in [5, 5.41) is 2.93. The van der Waals surface area contributed by atoms with Crippen molar-refractivity contribution in [3.63, 3.8) is 0 Å². The minimum Gasteiger partial charge on any atom is -0.444 e. The van der Waals surface area contributed by atoms with Gasteiger partial charge in [-0.25, -0.2) is 4.79 Å². The van der Waals surface area contributed by atoms with Crippen LogP contribution in [-0.2, 0) is 4.74 Å². The number of rotatable bonds is 7. The van der Waals surface area contributed by atoms with E-state index in [0.717, 1.165) is 22.3 Å². The average Bonchev–Trinajstić information content (AvgIpc) is 2.63. The van der Waals surface area contributed by atoms with E-state index in [4.69, 9.17) is 4.74 Å². The van der Waals surface area contributed by atoms with E-state index in [2.05, 4.69) is 19.2 Å². The highest BCUT2D eigenvalue weighted by Crippen LogP contribution is 2.25. The third kappa shape index (κ3) is 7.04. The van der Waals surface area contributed by atoms with Crippen molar-refractivity contribution in [3.8, 4) is 0 Å². The van der Waals surface area contributed by atoms with Gasteiger partial charge in [-0.2, -0.15) is 0 Å². The third-order valence-corrected chi connectivity index (χ3v) is 4.68. The summed E-state index contributed by atoms with van der Waals surface area (Å²) in [6.45, 7) is 11.7. The number of alkyl carbamates (subject to hydrolysis) is 1. The summed E-state index contributed by atoms with van der Waals surface area (Å²) in [5.41, 5.74) is 3.30. The predicted molar refractivity (Wildman–Crippen MR) is 117 cm³/mol. The molecule has 2 rings (SSSR count). The molecule has 4 nitrogen and oxygen atoms in total. The maximum absolute atomic E-state index is 13.0. The molecule has 0 saturated carbocycles. The number of aryl methyl sites for hydroxylation is 1. The van der Waals surface area contributed by atoms with Crippen molar-refractivity contribution in [3.05, 3.63) is 70.8 Å². The van der Waals surface area contributed by atoms with Crippen molar-refractivity contribution in [2.75, 3.05) is 0 Å². The Morgan fingerprint density at radius 3 is 2.28 bits per heavy atom. The minimum atomic E-state index is -0.575. The molecule has 0 aliphatic heterocycles. The van der Waals surface area contributed by atoms with Crippen LogP contribution in [-0.4, -0.2) is 17.5 Å². The first-order chi connectivity index (χ1) is 13.6. The van der Waals surface area contributed by atoms with E-state index >= 15 is 0 Å². The Morgan fingerprint density at radius 2 is 1.69 bits per heavy atom. The lowest BCUT2D eigenvalue weighted by atomic mass is 9.90. The van der Waals surface area contributed by atoms with Crippen LogP contribution in [0.1, 0.15) is 86.5 Å². The SMILES string of the molecule is Cc1ccc(C(C)C)c(C(=O)CC[C@@H](NC(=O)OC(C)(C)C)c2ccccc2)c1. The summed E-state index contributed by atoms with van der Waals surface area (Å²) in [5.74, 6) is 0.378. The number of hydrogen-bond donors (Lipinski definition) is 1. The van der Waals surface area contributed by atoms with Gasteiger partial charge < -0.3 is 10.1 Å². The number of ketones is 1. The monoisotopic (exact) mass is 395 g/mol. The zero-order valence-corrected chi connectivity index (χ0v) is 18.4. The Bertz CT molecular complexity index is 835. The maximum Gasteiger partial charge on any atom is 0.408 e. The van der Waals surface area contributed by atoms with Crippen LogP contribution in [0.4, 0.5) is 4.79 Å². The number of benzene rings is 2. The molecule has 0 bridgehead atoms. The van der Waals surface area contributed by atoms with E-state index in [1.165, 1.54) is 0 Å². The Balaban J connectivity index is 2.17. The summed E-state index contributed by atoms with van der Waals surface area (Å²) in [7, 11) is 0. The molecule has 156 valence electrons. The minimum absolute atomic E-state index is 0.101. The third-order valence-electron chi connectivity index (χ3n) is 4.68. The molecule has 29 heavy (non-hydrogen) atoms. The standard InChI is InChI=1S/C25H33NO3/c1-17(2)20-13-12-18(3)16-21(20)23(27)15-14-22(19-10-8-7-9-11-19)26-24(28)29-25(4,5)6/h7-13,16-17,22H,14-15H2,1-6H3,(H,26,28)/t22-/m1/s1. The second-order valence-electron chi connectivity index (χ2n) is 8.82. The first-order valence-electron chi connectivity index (χ1n) is 10.2. The Morgan fingerprint density at radius 1 is 1.03 bits per heavy atom. The van der Waals surface area contributed by atoms with Crippen molar-refractivity contribution < 1.29 is 14.3 Å². The zero-order valence-electron chi connectivity index (χ0n) is 18.4. The van der Waals surface area contributed by atoms with Gasteiger partial charge in [0.1, 0.15) is 5.60 Å². The molecule has 1 N–H and O–H groups in total. The summed E-state index contributed by atoms with van der Waals surface area (Å²) in [6.07, 6.45) is 0.378. The fraction of sp³-hybridized carbons (Fsp3) is 0.440. The highest BCUT2D eigenvalue weighted by molar-refractivity contribution is 5.97. The Kier molecular flexibility index (Phi) is 7.60. The number of Topliss-reactive ketones (excluding diaryl/α,β-unsaturated/α-hetero) is 1. The van der Waals surface area contributed by atoms with Gasteiger partial charge in [0.05, 0.1) is 6.04 Å². The van der Waals surface area contributed by atoms with Crippen LogP contribution in [0, 0.1) is 6.92 Å². The Labute approximate surface area is 174 Å². The number of carbonyl (C=O) groups excluding carboxylic acids is 2. The molecule has 4 heteroatoms. The quantitative estimate of drug-likeness (QED) is 0.556.